The Morgan fingerprint density at radius 3 is 2.07 bits per heavy atom. The molecule has 1 saturated heterocycles. The molecule has 0 aliphatic carbocycles. The lowest BCUT2D eigenvalue weighted by molar-refractivity contribution is -0.224. The summed E-state index contributed by atoms with van der Waals surface area (Å²) in [5.74, 6) is -7.53. The lowest BCUT2D eigenvalue weighted by Crippen LogP contribution is -2.53. The van der Waals surface area contributed by atoms with Gasteiger partial charge >= 0.3 is 17.9 Å². The van der Waals surface area contributed by atoms with E-state index in [0.717, 1.165) is 24.3 Å². The van der Waals surface area contributed by atoms with Crippen LogP contribution in [0.15, 0.2) is 48.5 Å². The molecule has 1 aliphatic rings. The third-order valence-electron chi connectivity index (χ3n) is 4.87. The van der Waals surface area contributed by atoms with Crippen LogP contribution >= 0.6 is 0 Å². The standard InChI is InChI=1S/C19H16F2O8/c20-19(21)17(27)29-14(13(22)9-5-1-2-6-10(9)15(23)24)18(19,28)12-8-4-3-7-11(12)16(25)26/h1-8,13-14,17,22,27-28H,(H,23,24)(H,25,26)/t13-,14-,17-,18-/m1/s1. The molecule has 154 valence electrons. The van der Waals surface area contributed by atoms with Crippen molar-refractivity contribution in [3.8, 4) is 0 Å². The van der Waals surface area contributed by atoms with Crippen molar-refractivity contribution in [1.29, 1.82) is 0 Å². The maximum Gasteiger partial charge on any atom is 0.336 e. The number of halogens is 2. The van der Waals surface area contributed by atoms with Crippen LogP contribution in [0.4, 0.5) is 8.78 Å². The van der Waals surface area contributed by atoms with Crippen molar-refractivity contribution in [3.05, 3.63) is 70.8 Å². The zero-order chi connectivity index (χ0) is 21.6. The van der Waals surface area contributed by atoms with Gasteiger partial charge in [-0.3, -0.25) is 0 Å². The van der Waals surface area contributed by atoms with Gasteiger partial charge in [0, 0.05) is 5.56 Å². The van der Waals surface area contributed by atoms with E-state index >= 15 is 0 Å². The molecule has 8 nitrogen and oxygen atoms in total. The lowest BCUT2D eigenvalue weighted by atomic mass is 9.78. The van der Waals surface area contributed by atoms with E-state index in [2.05, 4.69) is 0 Å². The van der Waals surface area contributed by atoms with Crippen LogP contribution in [0, 0.1) is 0 Å². The van der Waals surface area contributed by atoms with Crippen molar-refractivity contribution in [2.45, 2.75) is 30.0 Å². The van der Waals surface area contributed by atoms with Crippen LogP contribution in [0.25, 0.3) is 0 Å². The van der Waals surface area contributed by atoms with Gasteiger partial charge in [0.05, 0.1) is 11.1 Å². The minimum atomic E-state index is -4.43. The van der Waals surface area contributed by atoms with Gasteiger partial charge in [0.1, 0.15) is 12.2 Å². The van der Waals surface area contributed by atoms with Crippen LogP contribution in [-0.4, -0.2) is 55.8 Å². The summed E-state index contributed by atoms with van der Waals surface area (Å²) in [6.45, 7) is 0. The van der Waals surface area contributed by atoms with E-state index in [0.29, 0.717) is 0 Å². The van der Waals surface area contributed by atoms with Crippen LogP contribution in [0.2, 0.25) is 0 Å². The van der Waals surface area contributed by atoms with Gasteiger partial charge in [-0.15, -0.1) is 0 Å². The Kier molecular flexibility index (Phi) is 5.13. The number of hydrogen-bond donors (Lipinski definition) is 5. The number of alkyl halides is 2. The van der Waals surface area contributed by atoms with E-state index in [1.165, 1.54) is 24.3 Å². The van der Waals surface area contributed by atoms with Crippen molar-refractivity contribution < 1.29 is 48.6 Å². The molecule has 0 amide bonds. The van der Waals surface area contributed by atoms with E-state index < -0.39 is 58.7 Å². The van der Waals surface area contributed by atoms with Crippen molar-refractivity contribution in [1.82, 2.24) is 0 Å². The smallest absolute Gasteiger partial charge is 0.336 e. The number of ether oxygens (including phenoxy) is 1. The van der Waals surface area contributed by atoms with Gasteiger partial charge in [-0.2, -0.15) is 8.78 Å². The summed E-state index contributed by atoms with van der Waals surface area (Å²) in [4.78, 5) is 22.9. The Morgan fingerprint density at radius 2 is 1.48 bits per heavy atom. The number of carbonyl (C=O) groups is 2. The lowest BCUT2D eigenvalue weighted by Gasteiger charge is -2.36. The third kappa shape index (κ3) is 3.06. The van der Waals surface area contributed by atoms with Gasteiger partial charge in [-0.1, -0.05) is 36.4 Å². The Balaban J connectivity index is 2.22. The first-order valence-electron chi connectivity index (χ1n) is 8.30. The zero-order valence-electron chi connectivity index (χ0n) is 14.6. The summed E-state index contributed by atoms with van der Waals surface area (Å²) in [5.41, 5.74) is -5.78. The summed E-state index contributed by atoms with van der Waals surface area (Å²) in [6.07, 6.45) is -7.31. The van der Waals surface area contributed by atoms with E-state index in [1.807, 2.05) is 0 Å². The maximum absolute atomic E-state index is 14.9. The fraction of sp³-hybridized carbons (Fsp3) is 0.263. The number of aliphatic hydroxyl groups is 3. The SMILES string of the molecule is O=C(O)c1ccccc1[C@@H](O)[C@H]1O[C@@H](O)C(F)(F)[C@@]1(O)c1ccccc1C(=O)O. The summed E-state index contributed by atoms with van der Waals surface area (Å²) in [7, 11) is 0. The molecular formula is C19H16F2O8. The molecule has 1 heterocycles. The molecule has 4 atom stereocenters. The Hall–Kier alpha value is -2.92. The molecule has 1 aliphatic heterocycles. The molecule has 0 saturated carbocycles. The zero-order valence-corrected chi connectivity index (χ0v) is 14.6. The molecule has 1 fully saturated rings. The van der Waals surface area contributed by atoms with Crippen LogP contribution in [0.1, 0.15) is 37.9 Å². The first-order chi connectivity index (χ1) is 13.5. The molecule has 0 bridgehead atoms. The number of aromatic carboxylic acids is 2. The molecule has 5 N–H and O–H groups in total. The summed E-state index contributed by atoms with van der Waals surface area (Å²) >= 11 is 0. The van der Waals surface area contributed by atoms with E-state index in [-0.39, 0.29) is 5.56 Å². The highest BCUT2D eigenvalue weighted by atomic mass is 19.3. The third-order valence-corrected chi connectivity index (χ3v) is 4.87. The van der Waals surface area contributed by atoms with E-state index in [9.17, 15) is 43.9 Å². The normalized spacial score (nSPS) is 26.8. The van der Waals surface area contributed by atoms with E-state index in [1.54, 1.807) is 0 Å². The first kappa shape index (κ1) is 20.8. The predicted molar refractivity (Wildman–Crippen MR) is 91.5 cm³/mol. The van der Waals surface area contributed by atoms with Crippen molar-refractivity contribution >= 4 is 11.9 Å². The molecule has 0 spiro atoms. The fourth-order valence-electron chi connectivity index (χ4n) is 3.45. The van der Waals surface area contributed by atoms with E-state index in [4.69, 9.17) is 4.74 Å². The minimum Gasteiger partial charge on any atom is -0.478 e. The fourth-order valence-corrected chi connectivity index (χ4v) is 3.45. The van der Waals surface area contributed by atoms with Crippen molar-refractivity contribution in [2.24, 2.45) is 0 Å². The van der Waals surface area contributed by atoms with Gasteiger partial charge in [-0.25, -0.2) is 9.59 Å². The monoisotopic (exact) mass is 410 g/mol. The predicted octanol–water partition coefficient (Wildman–Crippen LogP) is 1.36. The molecule has 10 heteroatoms. The van der Waals surface area contributed by atoms with Gasteiger partial charge < -0.3 is 30.3 Å². The summed E-state index contributed by atoms with van der Waals surface area (Å²) in [6, 6.07) is 9.20. The Bertz CT molecular complexity index is 963. The molecule has 2 aromatic carbocycles. The van der Waals surface area contributed by atoms with Gasteiger partial charge in [-0.05, 0) is 17.7 Å². The largest absolute Gasteiger partial charge is 0.478 e. The van der Waals surface area contributed by atoms with Crippen molar-refractivity contribution in [3.63, 3.8) is 0 Å². The number of benzene rings is 2. The average molecular weight is 410 g/mol. The topological polar surface area (TPSA) is 145 Å². The molecule has 0 aromatic heterocycles. The number of carboxylic acids is 2. The number of aliphatic hydroxyl groups excluding tert-OH is 2. The minimum absolute atomic E-state index is 0.360. The quantitative estimate of drug-likeness (QED) is 0.497. The van der Waals surface area contributed by atoms with Crippen LogP contribution < -0.4 is 0 Å². The molecule has 0 radical (unpaired) electrons. The van der Waals surface area contributed by atoms with Gasteiger partial charge in [0.2, 0.25) is 6.29 Å². The highest BCUT2D eigenvalue weighted by Gasteiger charge is 2.72. The second-order valence-corrected chi connectivity index (χ2v) is 6.49. The second kappa shape index (κ2) is 7.16. The molecule has 0 unspecified atom stereocenters. The number of rotatable bonds is 5. The first-order valence-corrected chi connectivity index (χ1v) is 8.30. The van der Waals surface area contributed by atoms with Crippen molar-refractivity contribution in [2.75, 3.05) is 0 Å². The number of carboxylic acid groups (broad SMARTS) is 2. The van der Waals surface area contributed by atoms with Gasteiger partial charge in [0.25, 0.3) is 0 Å². The molecule has 2 aromatic rings. The highest BCUT2D eigenvalue weighted by molar-refractivity contribution is 5.90. The number of hydrogen-bond acceptors (Lipinski definition) is 6. The van der Waals surface area contributed by atoms with Crippen LogP contribution in [-0.2, 0) is 10.3 Å². The second-order valence-electron chi connectivity index (χ2n) is 6.49. The van der Waals surface area contributed by atoms with Gasteiger partial charge in [0.15, 0.2) is 5.60 Å². The molecular weight excluding hydrogens is 394 g/mol. The van der Waals surface area contributed by atoms with Crippen LogP contribution in [0.3, 0.4) is 0 Å². The van der Waals surface area contributed by atoms with Crippen LogP contribution in [0.5, 0.6) is 0 Å². The molecule has 29 heavy (non-hydrogen) atoms. The Morgan fingerprint density at radius 1 is 0.966 bits per heavy atom. The highest BCUT2D eigenvalue weighted by Crippen LogP contribution is 2.54. The average Bonchev–Trinajstić information content (AvgIpc) is 2.88. The molecule has 3 rings (SSSR count). The Labute approximate surface area is 162 Å². The summed E-state index contributed by atoms with van der Waals surface area (Å²) in [5, 5.41) is 50.0. The maximum atomic E-state index is 14.9. The summed E-state index contributed by atoms with van der Waals surface area (Å²) < 4.78 is 34.5.